The minimum Gasteiger partial charge on any atom is -0.364 e. The molecule has 0 radical (unpaired) electrons. The van der Waals surface area contributed by atoms with Gasteiger partial charge in [-0.1, -0.05) is 41.9 Å². The Morgan fingerprint density at radius 3 is 2.56 bits per heavy atom. The third-order valence-corrected chi connectivity index (χ3v) is 7.49. The van der Waals surface area contributed by atoms with Crippen LogP contribution in [0.15, 0.2) is 79.4 Å². The molecule has 1 fully saturated rings. The van der Waals surface area contributed by atoms with Gasteiger partial charge in [-0.2, -0.15) is 9.97 Å². The Morgan fingerprint density at radius 2 is 1.76 bits per heavy atom. The van der Waals surface area contributed by atoms with Crippen LogP contribution in [0.5, 0.6) is 0 Å². The maximum absolute atomic E-state index is 13.4. The van der Waals surface area contributed by atoms with Crippen LogP contribution < -0.4 is 10.2 Å². The van der Waals surface area contributed by atoms with Crippen LogP contribution in [0.1, 0.15) is 27.9 Å². The van der Waals surface area contributed by atoms with Crippen LogP contribution in [0.2, 0.25) is 5.02 Å². The van der Waals surface area contributed by atoms with Crippen molar-refractivity contribution in [3.05, 3.63) is 107 Å². The Bertz CT molecular complexity index is 1660. The van der Waals surface area contributed by atoms with E-state index in [1.54, 1.807) is 43.0 Å². The van der Waals surface area contributed by atoms with Gasteiger partial charge < -0.3 is 19.7 Å². The number of aromatic nitrogens is 5. The van der Waals surface area contributed by atoms with Gasteiger partial charge in [-0.3, -0.25) is 9.78 Å². The molecule has 0 saturated carbocycles. The van der Waals surface area contributed by atoms with Crippen molar-refractivity contribution < 1.29 is 9.18 Å². The highest BCUT2D eigenvalue weighted by molar-refractivity contribution is 6.31. The molecule has 0 bridgehead atoms. The van der Waals surface area contributed by atoms with E-state index >= 15 is 0 Å². The van der Waals surface area contributed by atoms with Gasteiger partial charge in [-0.05, 0) is 47.9 Å². The highest BCUT2D eigenvalue weighted by Crippen LogP contribution is 2.26. The molecule has 1 aliphatic rings. The van der Waals surface area contributed by atoms with E-state index in [9.17, 15) is 9.18 Å². The minimum absolute atomic E-state index is 0.00918. The van der Waals surface area contributed by atoms with Crippen molar-refractivity contribution in [3.63, 3.8) is 0 Å². The lowest BCUT2D eigenvalue weighted by atomic mass is 10.2. The third kappa shape index (κ3) is 5.97. The Kier molecular flexibility index (Phi) is 7.73. The fourth-order valence-electron chi connectivity index (χ4n) is 4.91. The zero-order chi connectivity index (χ0) is 28.2. The first kappa shape index (κ1) is 26.6. The fraction of sp³-hybridized carbons (Fsp3) is 0.233. The number of hydrogen-bond acceptors (Lipinski definition) is 7. The summed E-state index contributed by atoms with van der Waals surface area (Å²) in [7, 11) is 0. The maximum Gasteiger partial charge on any atom is 0.254 e. The summed E-state index contributed by atoms with van der Waals surface area (Å²) in [6, 6.07) is 17.5. The monoisotopic (exact) mass is 570 g/mol. The van der Waals surface area contributed by atoms with Crippen molar-refractivity contribution in [1.29, 1.82) is 0 Å². The van der Waals surface area contributed by atoms with Gasteiger partial charge >= 0.3 is 0 Å². The molecule has 0 atom stereocenters. The highest BCUT2D eigenvalue weighted by atomic mass is 35.5. The van der Waals surface area contributed by atoms with Crippen LogP contribution in [-0.2, 0) is 13.1 Å². The summed E-state index contributed by atoms with van der Waals surface area (Å²) >= 11 is 6.46. The Labute approximate surface area is 241 Å². The van der Waals surface area contributed by atoms with Crippen LogP contribution in [0, 0.1) is 5.82 Å². The number of benzene rings is 2. The third-order valence-electron chi connectivity index (χ3n) is 7.12. The Morgan fingerprint density at radius 1 is 0.951 bits per heavy atom. The molecule has 11 heteroatoms. The highest BCUT2D eigenvalue weighted by Gasteiger charge is 2.23. The van der Waals surface area contributed by atoms with E-state index in [1.165, 1.54) is 12.1 Å². The molecule has 6 rings (SSSR count). The number of anilines is 2. The van der Waals surface area contributed by atoms with Crippen molar-refractivity contribution in [2.75, 3.05) is 36.4 Å². The van der Waals surface area contributed by atoms with E-state index in [4.69, 9.17) is 21.6 Å². The number of carbonyl (C=O) groups is 1. The van der Waals surface area contributed by atoms with Crippen LogP contribution in [0.4, 0.5) is 16.2 Å². The number of nitrogens with zero attached hydrogens (tertiary/aromatic N) is 7. The summed E-state index contributed by atoms with van der Waals surface area (Å²) in [5.74, 6) is 0.848. The molecule has 0 aliphatic carbocycles. The first-order valence-electron chi connectivity index (χ1n) is 13.4. The molecule has 9 nitrogen and oxygen atoms in total. The molecule has 1 saturated heterocycles. The van der Waals surface area contributed by atoms with E-state index in [-0.39, 0.29) is 11.7 Å². The Balaban J connectivity index is 1.30. The molecule has 208 valence electrons. The molecule has 2 aromatic carbocycles. The number of hydrogen-bond donors (Lipinski definition) is 1. The number of carbonyl (C=O) groups excluding carboxylic acids is 1. The van der Waals surface area contributed by atoms with Gasteiger partial charge in [-0.25, -0.2) is 9.37 Å². The lowest BCUT2D eigenvalue weighted by Gasteiger charge is -2.23. The number of amides is 1. The fourth-order valence-corrected chi connectivity index (χ4v) is 5.10. The van der Waals surface area contributed by atoms with Gasteiger partial charge in [0.15, 0.2) is 17.0 Å². The number of nitrogens with one attached hydrogen (secondary N) is 1. The first-order chi connectivity index (χ1) is 20.0. The molecule has 4 heterocycles. The molecule has 0 spiro atoms. The summed E-state index contributed by atoms with van der Waals surface area (Å²) in [5, 5.41) is 4.05. The number of imidazole rings is 1. The topological polar surface area (TPSA) is 92.1 Å². The minimum atomic E-state index is -0.281. The van der Waals surface area contributed by atoms with Gasteiger partial charge in [0, 0.05) is 55.7 Å². The molecular weight excluding hydrogens is 543 g/mol. The zero-order valence-electron chi connectivity index (χ0n) is 22.2. The van der Waals surface area contributed by atoms with Crippen LogP contribution in [0.3, 0.4) is 0 Å². The zero-order valence-corrected chi connectivity index (χ0v) is 23.0. The number of fused-ring (bicyclic) bond motifs is 1. The normalized spacial score (nSPS) is 13.8. The molecule has 1 aliphatic heterocycles. The summed E-state index contributed by atoms with van der Waals surface area (Å²) in [6.45, 7) is 3.40. The average molecular weight is 571 g/mol. The van der Waals surface area contributed by atoms with Crippen molar-refractivity contribution in [3.8, 4) is 0 Å². The predicted molar refractivity (Wildman–Crippen MR) is 157 cm³/mol. The van der Waals surface area contributed by atoms with Crippen molar-refractivity contribution in [2.24, 2.45) is 0 Å². The second-order valence-corrected chi connectivity index (χ2v) is 10.3. The molecular formula is C30H28ClFN8O. The quantitative estimate of drug-likeness (QED) is 0.293. The average Bonchev–Trinajstić information content (AvgIpc) is 3.24. The van der Waals surface area contributed by atoms with E-state index in [0.29, 0.717) is 72.8 Å². The largest absolute Gasteiger partial charge is 0.364 e. The Hall–Kier alpha value is -4.57. The number of pyridine rings is 1. The molecule has 5 aromatic rings. The van der Waals surface area contributed by atoms with Crippen LogP contribution >= 0.6 is 11.6 Å². The molecule has 41 heavy (non-hydrogen) atoms. The van der Waals surface area contributed by atoms with Gasteiger partial charge in [0.25, 0.3) is 5.91 Å². The summed E-state index contributed by atoms with van der Waals surface area (Å²) in [6.07, 6.45) is 5.78. The molecule has 1 amide bonds. The smallest absolute Gasteiger partial charge is 0.254 e. The van der Waals surface area contributed by atoms with E-state index < -0.39 is 0 Å². The second kappa shape index (κ2) is 11.9. The lowest BCUT2D eigenvalue weighted by Crippen LogP contribution is -2.35. The number of rotatable bonds is 7. The molecule has 1 N–H and O–H groups in total. The van der Waals surface area contributed by atoms with Crippen molar-refractivity contribution >= 4 is 40.4 Å². The maximum atomic E-state index is 13.4. The SMILES string of the molecule is O=C(c1ccncc1)N1CCCN(c2nc(NCc3ccc(F)cc3)c3ncn(Cc4ccccc4Cl)c3n2)CC1. The summed E-state index contributed by atoms with van der Waals surface area (Å²) < 4.78 is 15.4. The van der Waals surface area contributed by atoms with Gasteiger partial charge in [-0.15, -0.1) is 0 Å². The summed E-state index contributed by atoms with van der Waals surface area (Å²) in [4.78, 5) is 35.5. The number of halogens is 2. The van der Waals surface area contributed by atoms with Gasteiger partial charge in [0.05, 0.1) is 12.9 Å². The predicted octanol–water partition coefficient (Wildman–Crippen LogP) is 5.03. The molecule has 0 unspecified atom stereocenters. The van der Waals surface area contributed by atoms with Gasteiger partial charge in [0.1, 0.15) is 5.82 Å². The van der Waals surface area contributed by atoms with E-state index in [2.05, 4.69) is 20.2 Å². The van der Waals surface area contributed by atoms with E-state index in [0.717, 1.165) is 17.5 Å². The van der Waals surface area contributed by atoms with Crippen molar-refractivity contribution in [1.82, 2.24) is 29.4 Å². The van der Waals surface area contributed by atoms with Crippen molar-refractivity contribution in [2.45, 2.75) is 19.5 Å². The van der Waals surface area contributed by atoms with Crippen LogP contribution in [0.25, 0.3) is 11.2 Å². The standard InChI is InChI=1S/C30H28ClFN8O/c31-25-5-2-1-4-23(25)19-40-20-35-26-27(34-18-21-6-8-24(32)9-7-21)36-30(37-28(26)40)39-15-3-14-38(16-17-39)29(41)22-10-12-33-13-11-22/h1-2,4-13,20H,3,14-19H2,(H,34,36,37). The molecule has 3 aromatic heterocycles. The lowest BCUT2D eigenvalue weighted by molar-refractivity contribution is 0.0767. The summed E-state index contributed by atoms with van der Waals surface area (Å²) in [5.41, 5.74) is 3.80. The van der Waals surface area contributed by atoms with Crippen LogP contribution in [-0.4, -0.2) is 61.5 Å². The first-order valence-corrected chi connectivity index (χ1v) is 13.8. The van der Waals surface area contributed by atoms with Gasteiger partial charge in [0.2, 0.25) is 5.95 Å². The second-order valence-electron chi connectivity index (χ2n) is 9.86. The van der Waals surface area contributed by atoms with E-state index in [1.807, 2.05) is 33.7 Å².